The van der Waals surface area contributed by atoms with Crippen LogP contribution >= 0.6 is 0 Å². The highest BCUT2D eigenvalue weighted by atomic mass is 19.4. The highest BCUT2D eigenvalue weighted by Crippen LogP contribution is 2.37. The number of hydrogen-bond acceptors (Lipinski definition) is 2. The molecule has 0 spiro atoms. The standard InChI is InChI=1S/C13H6F5NO2/c14-7-2-1-3-8(15)10(7)11-6(13(16,17)18)4-5-9(19-11)12(20)21/h1-5H,(H,20,21). The van der Waals surface area contributed by atoms with Crippen LogP contribution < -0.4 is 0 Å². The van der Waals surface area contributed by atoms with Crippen molar-refractivity contribution in [2.24, 2.45) is 0 Å². The molecule has 2 aromatic rings. The number of alkyl halides is 3. The predicted octanol–water partition coefficient (Wildman–Crippen LogP) is 3.74. The van der Waals surface area contributed by atoms with Crippen LogP contribution in [0.5, 0.6) is 0 Å². The molecule has 1 N–H and O–H groups in total. The van der Waals surface area contributed by atoms with Crippen molar-refractivity contribution in [3.63, 3.8) is 0 Å². The van der Waals surface area contributed by atoms with Crippen molar-refractivity contribution >= 4 is 5.97 Å². The number of halogens is 5. The lowest BCUT2D eigenvalue weighted by Gasteiger charge is -2.13. The molecule has 0 atom stereocenters. The van der Waals surface area contributed by atoms with Crippen LogP contribution in [0.1, 0.15) is 16.1 Å². The van der Waals surface area contributed by atoms with E-state index in [1.165, 1.54) is 0 Å². The molecule has 0 saturated carbocycles. The van der Waals surface area contributed by atoms with E-state index in [1.807, 2.05) is 0 Å². The summed E-state index contributed by atoms with van der Waals surface area (Å²) in [5, 5.41) is 8.76. The number of carboxylic acids is 1. The van der Waals surface area contributed by atoms with Gasteiger partial charge < -0.3 is 5.11 Å². The van der Waals surface area contributed by atoms with Crippen molar-refractivity contribution in [3.8, 4) is 11.3 Å². The molecule has 0 aliphatic rings. The van der Waals surface area contributed by atoms with E-state index < -0.39 is 46.3 Å². The Balaban J connectivity index is 2.81. The number of carboxylic acid groups (broad SMARTS) is 1. The molecule has 0 fully saturated rings. The topological polar surface area (TPSA) is 50.2 Å². The molecule has 1 heterocycles. The summed E-state index contributed by atoms with van der Waals surface area (Å²) in [6, 6.07) is 3.54. The maximum absolute atomic E-state index is 13.6. The molecule has 0 bridgehead atoms. The monoisotopic (exact) mass is 303 g/mol. The smallest absolute Gasteiger partial charge is 0.418 e. The number of aromatic nitrogens is 1. The molecule has 0 saturated heterocycles. The van der Waals surface area contributed by atoms with E-state index in [4.69, 9.17) is 5.11 Å². The summed E-state index contributed by atoms with van der Waals surface area (Å²) in [6.45, 7) is 0. The van der Waals surface area contributed by atoms with Gasteiger partial charge in [-0.2, -0.15) is 13.2 Å². The first-order valence-electron chi connectivity index (χ1n) is 5.47. The van der Waals surface area contributed by atoms with Gasteiger partial charge in [0.2, 0.25) is 0 Å². The van der Waals surface area contributed by atoms with Crippen LogP contribution in [-0.4, -0.2) is 16.1 Å². The van der Waals surface area contributed by atoms with Crippen molar-refractivity contribution in [3.05, 3.63) is 53.2 Å². The van der Waals surface area contributed by atoms with Crippen LogP contribution in [0.4, 0.5) is 22.0 Å². The van der Waals surface area contributed by atoms with Crippen LogP contribution in [-0.2, 0) is 6.18 Å². The first kappa shape index (κ1) is 14.9. The SMILES string of the molecule is O=C(O)c1ccc(C(F)(F)F)c(-c2c(F)cccc2F)n1. The van der Waals surface area contributed by atoms with Gasteiger partial charge in [-0.3, -0.25) is 0 Å². The molecule has 110 valence electrons. The van der Waals surface area contributed by atoms with Crippen molar-refractivity contribution in [2.45, 2.75) is 6.18 Å². The van der Waals surface area contributed by atoms with Gasteiger partial charge in [-0.15, -0.1) is 0 Å². The number of benzene rings is 1. The fraction of sp³-hybridized carbons (Fsp3) is 0.0769. The molecular formula is C13H6F5NO2. The summed E-state index contributed by atoms with van der Waals surface area (Å²) in [5.41, 5.74) is -4.29. The molecular weight excluding hydrogens is 297 g/mol. The van der Waals surface area contributed by atoms with Crippen LogP contribution in [0, 0.1) is 11.6 Å². The summed E-state index contributed by atoms with van der Waals surface area (Å²) in [7, 11) is 0. The first-order valence-corrected chi connectivity index (χ1v) is 5.47. The fourth-order valence-electron chi connectivity index (χ4n) is 1.72. The minimum atomic E-state index is -4.94. The number of aromatic carboxylic acids is 1. The van der Waals surface area contributed by atoms with E-state index >= 15 is 0 Å². The quantitative estimate of drug-likeness (QED) is 0.860. The zero-order chi connectivity index (χ0) is 15.8. The molecule has 3 nitrogen and oxygen atoms in total. The maximum Gasteiger partial charge on any atom is 0.418 e. The van der Waals surface area contributed by atoms with E-state index in [1.54, 1.807) is 0 Å². The van der Waals surface area contributed by atoms with Gasteiger partial charge >= 0.3 is 12.1 Å². The highest BCUT2D eigenvalue weighted by Gasteiger charge is 2.36. The summed E-state index contributed by atoms with van der Waals surface area (Å²) >= 11 is 0. The summed E-state index contributed by atoms with van der Waals surface area (Å²) in [5.74, 6) is -4.15. The van der Waals surface area contributed by atoms with Crippen LogP contribution in [0.15, 0.2) is 30.3 Å². The van der Waals surface area contributed by atoms with Gasteiger partial charge in [0.25, 0.3) is 0 Å². The minimum absolute atomic E-state index is 0.428. The number of nitrogens with zero attached hydrogens (tertiary/aromatic N) is 1. The Kier molecular flexibility index (Phi) is 3.63. The number of hydrogen-bond donors (Lipinski definition) is 1. The normalized spacial score (nSPS) is 11.5. The van der Waals surface area contributed by atoms with Crippen molar-refractivity contribution in [2.75, 3.05) is 0 Å². The number of pyridine rings is 1. The lowest BCUT2D eigenvalue weighted by Crippen LogP contribution is -2.12. The van der Waals surface area contributed by atoms with Gasteiger partial charge in [0, 0.05) is 0 Å². The average molecular weight is 303 g/mol. The molecule has 1 aromatic carbocycles. The van der Waals surface area contributed by atoms with E-state index in [0.29, 0.717) is 12.1 Å². The van der Waals surface area contributed by atoms with Gasteiger partial charge in [-0.25, -0.2) is 18.6 Å². The average Bonchev–Trinajstić information content (AvgIpc) is 2.37. The third-order valence-corrected chi connectivity index (χ3v) is 2.62. The Bertz CT molecular complexity index is 692. The second kappa shape index (κ2) is 5.12. The minimum Gasteiger partial charge on any atom is -0.477 e. The van der Waals surface area contributed by atoms with E-state index in [2.05, 4.69) is 4.98 Å². The van der Waals surface area contributed by atoms with Gasteiger partial charge in [0.15, 0.2) is 0 Å². The van der Waals surface area contributed by atoms with Crippen molar-refractivity contribution < 1.29 is 31.9 Å². The highest BCUT2D eigenvalue weighted by molar-refractivity contribution is 5.86. The van der Waals surface area contributed by atoms with E-state index in [0.717, 1.165) is 18.2 Å². The predicted molar refractivity (Wildman–Crippen MR) is 61.6 cm³/mol. The second-order valence-corrected chi connectivity index (χ2v) is 3.99. The molecule has 0 aliphatic heterocycles. The lowest BCUT2D eigenvalue weighted by molar-refractivity contribution is -0.137. The zero-order valence-electron chi connectivity index (χ0n) is 10.1. The largest absolute Gasteiger partial charge is 0.477 e. The van der Waals surface area contributed by atoms with Gasteiger partial charge in [0.1, 0.15) is 17.3 Å². The molecule has 8 heteroatoms. The van der Waals surface area contributed by atoms with Crippen LogP contribution in [0.25, 0.3) is 11.3 Å². The summed E-state index contributed by atoms with van der Waals surface area (Å²) < 4.78 is 66.0. The van der Waals surface area contributed by atoms with Gasteiger partial charge in [-0.05, 0) is 24.3 Å². The van der Waals surface area contributed by atoms with Crippen LogP contribution in [0.2, 0.25) is 0 Å². The van der Waals surface area contributed by atoms with Gasteiger partial charge in [0.05, 0.1) is 16.8 Å². The molecule has 21 heavy (non-hydrogen) atoms. The Hall–Kier alpha value is -2.51. The second-order valence-electron chi connectivity index (χ2n) is 3.99. The third-order valence-electron chi connectivity index (χ3n) is 2.62. The molecule has 1 aromatic heterocycles. The third kappa shape index (κ3) is 2.83. The summed E-state index contributed by atoms with van der Waals surface area (Å²) in [6.07, 6.45) is -4.94. The Morgan fingerprint density at radius 2 is 1.62 bits per heavy atom. The van der Waals surface area contributed by atoms with Crippen molar-refractivity contribution in [1.82, 2.24) is 4.98 Å². The Morgan fingerprint density at radius 3 is 2.10 bits per heavy atom. The van der Waals surface area contributed by atoms with Crippen molar-refractivity contribution in [1.29, 1.82) is 0 Å². The van der Waals surface area contributed by atoms with E-state index in [-0.39, 0.29) is 0 Å². The Labute approximate surface area is 114 Å². The summed E-state index contributed by atoms with van der Waals surface area (Å²) in [4.78, 5) is 14.0. The molecule has 0 unspecified atom stereocenters. The fourth-order valence-corrected chi connectivity index (χ4v) is 1.72. The number of rotatable bonds is 2. The Morgan fingerprint density at radius 1 is 1.05 bits per heavy atom. The number of carbonyl (C=O) groups is 1. The van der Waals surface area contributed by atoms with Gasteiger partial charge in [-0.1, -0.05) is 6.07 Å². The molecule has 0 aliphatic carbocycles. The van der Waals surface area contributed by atoms with Crippen LogP contribution in [0.3, 0.4) is 0 Å². The zero-order valence-corrected chi connectivity index (χ0v) is 10.1. The molecule has 0 radical (unpaired) electrons. The van der Waals surface area contributed by atoms with E-state index in [9.17, 15) is 26.7 Å². The lowest BCUT2D eigenvalue weighted by atomic mass is 10.0. The first-order chi connectivity index (χ1) is 9.71. The molecule has 2 rings (SSSR count). The maximum atomic E-state index is 13.6. The molecule has 0 amide bonds.